The second-order valence-electron chi connectivity index (χ2n) is 3.72. The second kappa shape index (κ2) is 5.75. The highest BCUT2D eigenvalue weighted by Crippen LogP contribution is 2.28. The Balaban J connectivity index is 2.73. The second-order valence-corrected chi connectivity index (χ2v) is 4.60. The standard InChI is InChI=1S/C11H11ClF3NOS/c1-6-4-7(2-3-9(6)12)17-5-8(10(16)18)11(13,14)15/h2-4,8H,5H2,1H3,(H2,16,18). The Bertz CT molecular complexity index is 450. The predicted octanol–water partition coefficient (Wildman–Crippen LogP) is 3.49. The molecule has 0 aliphatic heterocycles. The van der Waals surface area contributed by atoms with Crippen LogP contribution in [0.15, 0.2) is 18.2 Å². The van der Waals surface area contributed by atoms with Gasteiger partial charge in [0.1, 0.15) is 18.3 Å². The Morgan fingerprint density at radius 1 is 1.50 bits per heavy atom. The van der Waals surface area contributed by atoms with Gasteiger partial charge in [-0.3, -0.25) is 0 Å². The topological polar surface area (TPSA) is 35.2 Å². The average molecular weight is 298 g/mol. The molecule has 0 fully saturated rings. The van der Waals surface area contributed by atoms with E-state index >= 15 is 0 Å². The highest BCUT2D eigenvalue weighted by Gasteiger charge is 2.42. The van der Waals surface area contributed by atoms with Gasteiger partial charge in [0.2, 0.25) is 0 Å². The fraction of sp³-hybridized carbons (Fsp3) is 0.364. The fourth-order valence-corrected chi connectivity index (χ4v) is 1.54. The number of thiocarbonyl (C=S) groups is 1. The van der Waals surface area contributed by atoms with Crippen molar-refractivity contribution in [1.29, 1.82) is 0 Å². The lowest BCUT2D eigenvalue weighted by Gasteiger charge is -2.19. The van der Waals surface area contributed by atoms with E-state index in [-0.39, 0.29) is 0 Å². The molecular weight excluding hydrogens is 287 g/mol. The Kier molecular flexibility index (Phi) is 4.81. The first-order valence-electron chi connectivity index (χ1n) is 4.97. The molecule has 0 saturated carbocycles. The highest BCUT2D eigenvalue weighted by molar-refractivity contribution is 7.80. The van der Waals surface area contributed by atoms with Crippen molar-refractivity contribution in [2.75, 3.05) is 6.61 Å². The zero-order valence-corrected chi connectivity index (χ0v) is 11.0. The Labute approximate surface area is 113 Å². The molecule has 1 rings (SSSR count). The summed E-state index contributed by atoms with van der Waals surface area (Å²) >= 11 is 10.2. The molecular formula is C11H11ClF3NOS. The number of halogens is 4. The summed E-state index contributed by atoms with van der Waals surface area (Å²) < 4.78 is 42.7. The first-order chi connectivity index (χ1) is 8.21. The van der Waals surface area contributed by atoms with E-state index in [0.717, 1.165) is 0 Å². The number of hydrogen-bond donors (Lipinski definition) is 1. The summed E-state index contributed by atoms with van der Waals surface area (Å²) in [7, 11) is 0. The first kappa shape index (κ1) is 15.0. The predicted molar refractivity (Wildman–Crippen MR) is 68.0 cm³/mol. The molecule has 0 heterocycles. The van der Waals surface area contributed by atoms with Crippen LogP contribution in [0.4, 0.5) is 13.2 Å². The van der Waals surface area contributed by atoms with Gasteiger partial charge in [0.05, 0.1) is 4.99 Å². The van der Waals surface area contributed by atoms with Gasteiger partial charge in [-0.05, 0) is 30.7 Å². The smallest absolute Gasteiger partial charge is 0.401 e. The van der Waals surface area contributed by atoms with Crippen LogP contribution >= 0.6 is 23.8 Å². The molecule has 2 N–H and O–H groups in total. The number of ether oxygens (including phenoxy) is 1. The van der Waals surface area contributed by atoms with Gasteiger partial charge >= 0.3 is 6.18 Å². The van der Waals surface area contributed by atoms with Gasteiger partial charge in [0, 0.05) is 5.02 Å². The number of rotatable bonds is 4. The molecule has 0 amide bonds. The van der Waals surface area contributed by atoms with E-state index in [4.69, 9.17) is 22.1 Å². The molecule has 1 atom stereocenters. The van der Waals surface area contributed by atoms with Gasteiger partial charge in [-0.1, -0.05) is 23.8 Å². The molecule has 100 valence electrons. The molecule has 1 unspecified atom stereocenters. The van der Waals surface area contributed by atoms with Crippen molar-refractivity contribution in [2.45, 2.75) is 13.1 Å². The van der Waals surface area contributed by atoms with Gasteiger partial charge in [-0.25, -0.2) is 0 Å². The van der Waals surface area contributed by atoms with Crippen LogP contribution in [0.3, 0.4) is 0 Å². The average Bonchev–Trinajstić information content (AvgIpc) is 2.21. The van der Waals surface area contributed by atoms with Crippen molar-refractivity contribution in [3.63, 3.8) is 0 Å². The zero-order chi connectivity index (χ0) is 13.9. The van der Waals surface area contributed by atoms with Gasteiger partial charge in [-0.2, -0.15) is 13.2 Å². The van der Waals surface area contributed by atoms with Crippen molar-refractivity contribution in [1.82, 2.24) is 0 Å². The highest BCUT2D eigenvalue weighted by atomic mass is 35.5. The van der Waals surface area contributed by atoms with Crippen molar-refractivity contribution in [3.05, 3.63) is 28.8 Å². The van der Waals surface area contributed by atoms with Gasteiger partial charge < -0.3 is 10.5 Å². The third kappa shape index (κ3) is 4.03. The number of nitrogens with two attached hydrogens (primary N) is 1. The van der Waals surface area contributed by atoms with E-state index in [1.807, 2.05) is 0 Å². The van der Waals surface area contributed by atoms with E-state index in [1.165, 1.54) is 6.07 Å². The summed E-state index contributed by atoms with van der Waals surface area (Å²) in [4.78, 5) is -0.631. The maximum Gasteiger partial charge on any atom is 0.401 e. The minimum atomic E-state index is -4.51. The molecule has 2 nitrogen and oxygen atoms in total. The maximum atomic E-state index is 12.5. The van der Waals surface area contributed by atoms with Crippen LogP contribution in [0, 0.1) is 12.8 Å². The van der Waals surface area contributed by atoms with E-state index in [0.29, 0.717) is 16.3 Å². The van der Waals surface area contributed by atoms with Crippen LogP contribution in [-0.4, -0.2) is 17.8 Å². The van der Waals surface area contributed by atoms with E-state index in [9.17, 15) is 13.2 Å². The summed E-state index contributed by atoms with van der Waals surface area (Å²) in [6, 6.07) is 4.59. The van der Waals surface area contributed by atoms with E-state index in [2.05, 4.69) is 12.2 Å². The minimum absolute atomic E-state index is 0.294. The van der Waals surface area contributed by atoms with Crippen LogP contribution in [-0.2, 0) is 0 Å². The van der Waals surface area contributed by atoms with Gasteiger partial charge in [-0.15, -0.1) is 0 Å². The summed E-state index contributed by atoms with van der Waals surface area (Å²) in [6.07, 6.45) is -4.51. The van der Waals surface area contributed by atoms with Gasteiger partial charge in [0.15, 0.2) is 0 Å². The fourth-order valence-electron chi connectivity index (χ4n) is 1.22. The summed E-state index contributed by atoms with van der Waals surface area (Å²) in [5, 5.41) is 0.518. The number of hydrogen-bond acceptors (Lipinski definition) is 2. The van der Waals surface area contributed by atoms with E-state index in [1.54, 1.807) is 19.1 Å². The number of alkyl halides is 3. The van der Waals surface area contributed by atoms with Gasteiger partial charge in [0.25, 0.3) is 0 Å². The largest absolute Gasteiger partial charge is 0.492 e. The first-order valence-corrected chi connectivity index (χ1v) is 5.75. The third-order valence-corrected chi connectivity index (χ3v) is 2.99. The van der Waals surface area contributed by atoms with Crippen LogP contribution in [0.2, 0.25) is 5.02 Å². The van der Waals surface area contributed by atoms with Crippen molar-refractivity contribution >= 4 is 28.8 Å². The van der Waals surface area contributed by atoms with Crippen molar-refractivity contribution in [3.8, 4) is 5.75 Å². The lowest BCUT2D eigenvalue weighted by molar-refractivity contribution is -0.161. The van der Waals surface area contributed by atoms with Crippen LogP contribution in [0.1, 0.15) is 5.56 Å². The quantitative estimate of drug-likeness (QED) is 0.864. The molecule has 0 radical (unpaired) electrons. The van der Waals surface area contributed by atoms with Crippen molar-refractivity contribution < 1.29 is 17.9 Å². The Morgan fingerprint density at radius 2 is 2.11 bits per heavy atom. The minimum Gasteiger partial charge on any atom is -0.492 e. The number of aryl methyl sites for hydroxylation is 1. The summed E-state index contributed by atoms with van der Waals surface area (Å²) in [5.41, 5.74) is 5.77. The summed E-state index contributed by atoms with van der Waals surface area (Å²) in [6.45, 7) is 1.09. The zero-order valence-electron chi connectivity index (χ0n) is 9.42. The van der Waals surface area contributed by atoms with E-state index < -0.39 is 23.7 Å². The lowest BCUT2D eigenvalue weighted by Crippen LogP contribution is -2.38. The molecule has 0 aromatic heterocycles. The molecule has 0 spiro atoms. The maximum absolute atomic E-state index is 12.5. The molecule has 1 aromatic carbocycles. The molecule has 1 aromatic rings. The molecule has 18 heavy (non-hydrogen) atoms. The van der Waals surface area contributed by atoms with Crippen LogP contribution in [0.25, 0.3) is 0 Å². The molecule has 0 aliphatic rings. The Hall–Kier alpha value is -1.01. The number of benzene rings is 1. The molecule has 0 bridgehead atoms. The Morgan fingerprint density at radius 3 is 2.56 bits per heavy atom. The molecule has 0 saturated heterocycles. The van der Waals surface area contributed by atoms with Crippen molar-refractivity contribution in [2.24, 2.45) is 11.7 Å². The normalized spacial score (nSPS) is 13.2. The molecule has 7 heteroatoms. The SMILES string of the molecule is Cc1cc(OCC(C(N)=S)C(F)(F)F)ccc1Cl. The lowest BCUT2D eigenvalue weighted by atomic mass is 10.1. The van der Waals surface area contributed by atoms with Crippen LogP contribution < -0.4 is 10.5 Å². The third-order valence-electron chi connectivity index (χ3n) is 2.28. The monoisotopic (exact) mass is 297 g/mol. The summed E-state index contributed by atoms with van der Waals surface area (Å²) in [5.74, 6) is -1.66. The van der Waals surface area contributed by atoms with Crippen LogP contribution in [0.5, 0.6) is 5.75 Å². The molecule has 0 aliphatic carbocycles.